The Bertz CT molecular complexity index is 375. The summed E-state index contributed by atoms with van der Waals surface area (Å²) < 4.78 is 0. The summed E-state index contributed by atoms with van der Waals surface area (Å²) in [4.78, 5) is 14.5. The number of aromatic nitrogens is 4. The Hall–Kier alpha value is -1.84. The summed E-state index contributed by atoms with van der Waals surface area (Å²) in [5, 5.41) is 0. The zero-order valence-electron chi connectivity index (χ0n) is 8.20. The van der Waals surface area contributed by atoms with E-state index in [0.29, 0.717) is 0 Å². The molecule has 0 atom stereocenters. The maximum Gasteiger partial charge on any atom is 0.411 e. The van der Waals surface area contributed by atoms with Crippen molar-refractivity contribution in [3.05, 3.63) is 36.4 Å². The van der Waals surface area contributed by atoms with Gasteiger partial charge in [-0.1, -0.05) is 0 Å². The number of nitrogens with zero attached hydrogens (tertiary/aromatic N) is 2. The Balaban J connectivity index is 2.40. The summed E-state index contributed by atoms with van der Waals surface area (Å²) in [5.74, 6) is 1.80. The van der Waals surface area contributed by atoms with Crippen molar-refractivity contribution in [2.45, 2.75) is 13.8 Å². The third kappa shape index (κ3) is 1.74. The molecule has 2 aromatic heterocycles. The maximum absolute atomic E-state index is 4.14. The minimum absolute atomic E-state index is 0.786. The topological polar surface area (TPSA) is 54.1 Å². The SMILES string of the molecule is Cc1ncc(-c2c[nH+]c(C)[nH+]c2)cn1. The second kappa shape index (κ2) is 3.49. The van der Waals surface area contributed by atoms with Crippen molar-refractivity contribution in [3.8, 4) is 11.1 Å². The molecule has 0 aromatic carbocycles. The van der Waals surface area contributed by atoms with Crippen molar-refractivity contribution in [2.75, 3.05) is 0 Å². The molecule has 0 spiro atoms. The number of rotatable bonds is 1. The molecule has 2 heterocycles. The summed E-state index contributed by atoms with van der Waals surface area (Å²) in [6, 6.07) is 0. The first-order valence-electron chi connectivity index (χ1n) is 4.45. The van der Waals surface area contributed by atoms with E-state index >= 15 is 0 Å². The molecule has 4 nitrogen and oxygen atoms in total. The van der Waals surface area contributed by atoms with Crippen LogP contribution in [0.3, 0.4) is 0 Å². The molecular weight excluding hydrogens is 176 g/mol. The lowest BCUT2D eigenvalue weighted by Crippen LogP contribution is -2.21. The van der Waals surface area contributed by atoms with E-state index in [2.05, 4.69) is 19.9 Å². The van der Waals surface area contributed by atoms with Crippen molar-refractivity contribution in [3.63, 3.8) is 0 Å². The highest BCUT2D eigenvalue weighted by Gasteiger charge is 2.07. The van der Waals surface area contributed by atoms with E-state index in [1.165, 1.54) is 0 Å². The van der Waals surface area contributed by atoms with Crippen LogP contribution in [0.2, 0.25) is 0 Å². The molecule has 2 N–H and O–H groups in total. The lowest BCUT2D eigenvalue weighted by molar-refractivity contribution is -0.544. The van der Waals surface area contributed by atoms with Crippen LogP contribution in [0.1, 0.15) is 11.6 Å². The molecule has 0 aliphatic rings. The zero-order valence-corrected chi connectivity index (χ0v) is 8.20. The van der Waals surface area contributed by atoms with Crippen molar-refractivity contribution < 1.29 is 9.97 Å². The summed E-state index contributed by atoms with van der Waals surface area (Å²) in [7, 11) is 0. The highest BCUT2D eigenvalue weighted by Crippen LogP contribution is 2.12. The first-order chi connectivity index (χ1) is 6.75. The first kappa shape index (κ1) is 8.74. The van der Waals surface area contributed by atoms with Crippen LogP contribution < -0.4 is 9.97 Å². The second-order valence-electron chi connectivity index (χ2n) is 3.18. The van der Waals surface area contributed by atoms with Crippen LogP contribution in [-0.2, 0) is 0 Å². The van der Waals surface area contributed by atoms with Crippen LogP contribution in [0.15, 0.2) is 24.8 Å². The van der Waals surface area contributed by atoms with Gasteiger partial charge in [0.25, 0.3) is 0 Å². The Morgan fingerprint density at radius 2 is 1.50 bits per heavy atom. The Morgan fingerprint density at radius 3 is 2.07 bits per heavy atom. The van der Waals surface area contributed by atoms with Gasteiger partial charge in [-0.2, -0.15) is 9.97 Å². The smallest absolute Gasteiger partial charge is 0.241 e. The fourth-order valence-electron chi connectivity index (χ4n) is 1.16. The van der Waals surface area contributed by atoms with Gasteiger partial charge in [-0.15, -0.1) is 0 Å². The fourth-order valence-corrected chi connectivity index (χ4v) is 1.16. The van der Waals surface area contributed by atoms with Gasteiger partial charge in [-0.05, 0) is 6.92 Å². The molecule has 2 aromatic rings. The lowest BCUT2D eigenvalue weighted by Gasteiger charge is -1.94. The molecule has 0 unspecified atom stereocenters. The average molecular weight is 188 g/mol. The molecule has 0 fully saturated rings. The highest BCUT2D eigenvalue weighted by atomic mass is 14.9. The number of hydrogen-bond acceptors (Lipinski definition) is 2. The first-order valence-corrected chi connectivity index (χ1v) is 4.45. The van der Waals surface area contributed by atoms with Gasteiger partial charge in [0, 0.05) is 18.0 Å². The van der Waals surface area contributed by atoms with E-state index in [1.54, 1.807) is 0 Å². The molecule has 0 saturated carbocycles. The largest absolute Gasteiger partial charge is 0.411 e. The summed E-state index contributed by atoms with van der Waals surface area (Å²) >= 11 is 0. The van der Waals surface area contributed by atoms with Gasteiger partial charge in [-0.3, -0.25) is 0 Å². The van der Waals surface area contributed by atoms with Crippen molar-refractivity contribution in [2.24, 2.45) is 0 Å². The molecule has 14 heavy (non-hydrogen) atoms. The molecule has 0 aliphatic heterocycles. The molecule has 0 aliphatic carbocycles. The minimum Gasteiger partial charge on any atom is -0.241 e. The lowest BCUT2D eigenvalue weighted by atomic mass is 10.2. The van der Waals surface area contributed by atoms with Crippen LogP contribution in [0.4, 0.5) is 0 Å². The van der Waals surface area contributed by atoms with Crippen LogP contribution >= 0.6 is 0 Å². The summed E-state index contributed by atoms with van der Waals surface area (Å²) in [6.07, 6.45) is 7.49. The fraction of sp³-hybridized carbons (Fsp3) is 0.200. The molecule has 70 valence electrons. The molecule has 0 bridgehead atoms. The third-order valence-electron chi connectivity index (χ3n) is 2.00. The van der Waals surface area contributed by atoms with Crippen molar-refractivity contribution in [1.82, 2.24) is 9.97 Å². The van der Waals surface area contributed by atoms with E-state index in [0.717, 1.165) is 22.8 Å². The van der Waals surface area contributed by atoms with Gasteiger partial charge in [0.05, 0.1) is 6.92 Å². The zero-order chi connectivity index (χ0) is 9.97. The van der Waals surface area contributed by atoms with E-state index < -0.39 is 0 Å². The summed E-state index contributed by atoms with van der Waals surface area (Å²) in [5.41, 5.74) is 2.05. The normalized spacial score (nSPS) is 10.1. The molecular formula is C10H12N4+2. The van der Waals surface area contributed by atoms with Gasteiger partial charge >= 0.3 is 5.82 Å². The molecule has 2 rings (SSSR count). The Labute approximate surface area is 82.1 Å². The molecule has 0 amide bonds. The molecule has 4 heteroatoms. The Morgan fingerprint density at radius 1 is 0.929 bits per heavy atom. The van der Waals surface area contributed by atoms with Gasteiger partial charge in [0.15, 0.2) is 12.4 Å². The molecule has 0 radical (unpaired) electrons. The van der Waals surface area contributed by atoms with E-state index in [1.807, 2.05) is 38.6 Å². The maximum atomic E-state index is 4.14. The van der Waals surface area contributed by atoms with Crippen LogP contribution in [0.25, 0.3) is 11.1 Å². The number of aromatic amines is 2. The standard InChI is InChI=1S/C10H10N4/c1-7-11-3-9(4-12-7)10-5-13-8(2)14-6-10/h3-6H,1-2H3/p+2. The van der Waals surface area contributed by atoms with E-state index in [9.17, 15) is 0 Å². The second-order valence-corrected chi connectivity index (χ2v) is 3.18. The van der Waals surface area contributed by atoms with Gasteiger partial charge in [0.1, 0.15) is 11.4 Å². The molecule has 0 saturated heterocycles. The number of aryl methyl sites for hydroxylation is 2. The minimum atomic E-state index is 0.786. The van der Waals surface area contributed by atoms with Gasteiger partial charge in [0.2, 0.25) is 0 Å². The quantitative estimate of drug-likeness (QED) is 0.650. The number of hydrogen-bond donors (Lipinski definition) is 0. The van der Waals surface area contributed by atoms with Crippen molar-refractivity contribution >= 4 is 0 Å². The van der Waals surface area contributed by atoms with Crippen LogP contribution in [0.5, 0.6) is 0 Å². The number of nitrogens with one attached hydrogen (secondary N) is 2. The van der Waals surface area contributed by atoms with Crippen molar-refractivity contribution in [1.29, 1.82) is 0 Å². The summed E-state index contributed by atoms with van der Waals surface area (Å²) in [6.45, 7) is 3.84. The van der Waals surface area contributed by atoms with Gasteiger partial charge in [-0.25, -0.2) is 9.97 Å². The third-order valence-corrected chi connectivity index (χ3v) is 2.00. The highest BCUT2D eigenvalue weighted by molar-refractivity contribution is 5.57. The van der Waals surface area contributed by atoms with Gasteiger partial charge < -0.3 is 0 Å². The van der Waals surface area contributed by atoms with E-state index in [4.69, 9.17) is 0 Å². The monoisotopic (exact) mass is 188 g/mol. The van der Waals surface area contributed by atoms with Crippen LogP contribution in [-0.4, -0.2) is 9.97 Å². The van der Waals surface area contributed by atoms with E-state index in [-0.39, 0.29) is 0 Å². The van der Waals surface area contributed by atoms with Crippen LogP contribution in [0, 0.1) is 13.8 Å². The number of H-pyrrole nitrogens is 2. The predicted octanol–water partition coefficient (Wildman–Crippen LogP) is 0.389. The Kier molecular flexibility index (Phi) is 2.18. The average Bonchev–Trinajstić information content (AvgIpc) is 2.21. The predicted molar refractivity (Wildman–Crippen MR) is 50.1 cm³/mol.